The van der Waals surface area contributed by atoms with Gasteiger partial charge in [-0.3, -0.25) is 9.97 Å². The van der Waals surface area contributed by atoms with Gasteiger partial charge in [-0.2, -0.15) is 0 Å². The molecular weight excluding hydrogens is 454 g/mol. The Morgan fingerprint density at radius 2 is 1.12 bits per heavy atom. The molecule has 0 aliphatic carbocycles. The van der Waals surface area contributed by atoms with Gasteiger partial charge in [-0.1, -0.05) is 0 Å². The fourth-order valence-corrected chi connectivity index (χ4v) is 3.85. The molecule has 4 nitrogen and oxygen atoms in total. The molecule has 0 amide bonds. The van der Waals surface area contributed by atoms with E-state index >= 15 is 0 Å². The monoisotopic (exact) mass is 472 g/mol. The number of benzene rings is 1. The smallest absolute Gasteiger partial charge is 0.0273 e. The third kappa shape index (κ3) is 7.19. The van der Waals surface area contributed by atoms with Crippen molar-refractivity contribution in [3.8, 4) is 21.1 Å². The summed E-state index contributed by atoms with van der Waals surface area (Å²) in [6, 6.07) is 16.1. The molecule has 0 bridgehead atoms. The topological polar surface area (TPSA) is 73.4 Å². The van der Waals surface area contributed by atoms with E-state index in [1.807, 2.05) is 42.5 Å². The van der Waals surface area contributed by atoms with Crippen molar-refractivity contribution in [2.75, 3.05) is 0 Å². The third-order valence-electron chi connectivity index (χ3n) is 3.29. The van der Waals surface area contributed by atoms with Crippen LogP contribution in [0.2, 0.25) is 0 Å². The van der Waals surface area contributed by atoms with Crippen molar-refractivity contribution in [2.45, 2.75) is 10.6 Å². The Labute approximate surface area is 166 Å². The first-order valence-electron chi connectivity index (χ1n) is 7.73. The van der Waals surface area contributed by atoms with Crippen LogP contribution in [0.5, 0.6) is 0 Å². The number of aromatic nitrogens is 2. The number of rotatable bonds is 5. The van der Waals surface area contributed by atoms with E-state index in [-0.39, 0.29) is 29.9 Å². The second-order valence-electron chi connectivity index (χ2n) is 5.05. The number of hydrogen-bond donors (Lipinski definition) is 0. The maximum absolute atomic E-state index is 8.48. The zero-order valence-corrected chi connectivity index (χ0v) is 17.4. The van der Waals surface area contributed by atoms with Gasteiger partial charge in [-0.15, -0.1) is 0 Å². The molecule has 0 aliphatic heterocycles. The van der Waals surface area contributed by atoms with Gasteiger partial charge in [0.1, 0.15) is 0 Å². The second kappa shape index (κ2) is 12.0. The Hall–Kier alpha value is -2.46. The summed E-state index contributed by atoms with van der Waals surface area (Å²) in [4.78, 5) is 12.3. The quantitative estimate of drug-likeness (QED) is 0.537. The minimum absolute atomic E-state index is 0.0546. The van der Waals surface area contributed by atoms with Gasteiger partial charge in [0.25, 0.3) is 0 Å². The van der Waals surface area contributed by atoms with Gasteiger partial charge >= 0.3 is 96.4 Å². The summed E-state index contributed by atoms with van der Waals surface area (Å²) in [7, 11) is 0. The number of nitriles is 2. The molecule has 0 aliphatic rings. The molecule has 0 spiro atoms. The number of nitrogens with zero attached hydrogens (tertiary/aromatic N) is 4. The fraction of sp³-hybridized carbons (Fsp3) is 0.100. The number of pyridine rings is 2. The van der Waals surface area contributed by atoms with Crippen LogP contribution in [0, 0.1) is 20.5 Å². The minimum Gasteiger partial charge on any atom is -0.265 e. The molecule has 2 aromatic heterocycles. The molecule has 26 heavy (non-hydrogen) atoms. The Morgan fingerprint density at radius 3 is 1.50 bits per heavy atom. The Bertz CT molecular complexity index is 801. The van der Waals surface area contributed by atoms with E-state index in [1.54, 1.807) is 24.8 Å². The van der Waals surface area contributed by atoms with E-state index in [0.29, 0.717) is 0 Å². The molecule has 3 aromatic rings. The first-order chi connectivity index (χ1) is 12.8. The van der Waals surface area contributed by atoms with Crippen molar-refractivity contribution in [1.29, 1.82) is 10.5 Å². The predicted molar refractivity (Wildman–Crippen MR) is 104 cm³/mol. The van der Waals surface area contributed by atoms with Crippen LogP contribution in [0.25, 0.3) is 11.1 Å². The van der Waals surface area contributed by atoms with Crippen molar-refractivity contribution < 1.29 is 0 Å². The first-order valence-corrected chi connectivity index (χ1v) is 11.9. The van der Waals surface area contributed by atoms with Gasteiger partial charge < -0.3 is 0 Å². The van der Waals surface area contributed by atoms with Crippen LogP contribution in [-0.4, -0.2) is 39.9 Å². The molecule has 0 unspecified atom stereocenters. The van der Waals surface area contributed by atoms with Gasteiger partial charge in [-0.05, 0) is 35.4 Å². The molecular formula is C20H16N4Se2. The molecule has 0 fully saturated rings. The Balaban J connectivity index is 0.000000189. The number of hydrogen-bond acceptors (Lipinski definition) is 4. The Kier molecular flexibility index (Phi) is 9.15. The standard InChI is InChI=1S/C10H8N2Se2.C10H8N2/c11-7-13-5-9-2-1-3-10(4-9)6-14-8-12;1-5-11-6-2-9(1)10-3-7-12-8-4-10/h1-4H,5-6H2;1-8H. The fourth-order valence-electron chi connectivity index (χ4n) is 2.13. The SMILES string of the molecule is N#C[Se]Cc1cccc(C[Se]C#N)c1.c1cc(-c2ccncc2)ccn1. The molecule has 0 saturated heterocycles. The average molecular weight is 470 g/mol. The summed E-state index contributed by atoms with van der Waals surface area (Å²) in [5, 5.41) is 18.7. The molecule has 128 valence electrons. The van der Waals surface area contributed by atoms with E-state index < -0.39 is 0 Å². The molecule has 3 rings (SSSR count). The van der Waals surface area contributed by atoms with Gasteiger partial charge in [0.15, 0.2) is 0 Å². The second-order valence-corrected chi connectivity index (χ2v) is 8.24. The van der Waals surface area contributed by atoms with Gasteiger partial charge in [0, 0.05) is 24.8 Å². The largest absolute Gasteiger partial charge is 0.265 e. The normalized spacial score (nSPS) is 9.31. The van der Waals surface area contributed by atoms with Crippen molar-refractivity contribution in [3.05, 3.63) is 84.4 Å². The molecule has 6 heteroatoms. The third-order valence-corrected chi connectivity index (χ3v) is 5.84. The Morgan fingerprint density at radius 1 is 0.692 bits per heavy atom. The van der Waals surface area contributed by atoms with Crippen molar-refractivity contribution >= 4 is 29.9 Å². The average Bonchev–Trinajstić information content (AvgIpc) is 2.73. The van der Waals surface area contributed by atoms with E-state index in [1.165, 1.54) is 22.3 Å². The summed E-state index contributed by atoms with van der Waals surface area (Å²) in [5.41, 5.74) is 4.79. The van der Waals surface area contributed by atoms with E-state index in [4.69, 9.17) is 10.5 Å². The summed E-state index contributed by atoms with van der Waals surface area (Å²) in [6.07, 6.45) is 7.15. The van der Waals surface area contributed by atoms with Crippen LogP contribution in [0.3, 0.4) is 0 Å². The zero-order chi connectivity index (χ0) is 18.5. The van der Waals surface area contributed by atoms with Crippen LogP contribution in [0.4, 0.5) is 0 Å². The zero-order valence-electron chi connectivity index (χ0n) is 13.9. The summed E-state index contributed by atoms with van der Waals surface area (Å²) in [5.74, 6) is 0. The predicted octanol–water partition coefficient (Wildman–Crippen LogP) is 3.20. The van der Waals surface area contributed by atoms with Crippen molar-refractivity contribution in [2.24, 2.45) is 0 Å². The van der Waals surface area contributed by atoms with Crippen LogP contribution in [0.15, 0.2) is 73.3 Å². The molecule has 1 aromatic carbocycles. The molecule has 0 N–H and O–H groups in total. The van der Waals surface area contributed by atoms with Crippen LogP contribution < -0.4 is 0 Å². The van der Waals surface area contributed by atoms with Crippen LogP contribution in [0.1, 0.15) is 11.1 Å². The molecule has 0 saturated carbocycles. The summed E-state index contributed by atoms with van der Waals surface area (Å²) in [6.45, 7) is 0. The van der Waals surface area contributed by atoms with E-state index in [9.17, 15) is 0 Å². The molecule has 2 heterocycles. The van der Waals surface area contributed by atoms with Gasteiger partial charge in [-0.25, -0.2) is 0 Å². The summed E-state index contributed by atoms with van der Waals surface area (Å²) < 4.78 is 0. The van der Waals surface area contributed by atoms with E-state index in [2.05, 4.69) is 26.0 Å². The molecule has 0 radical (unpaired) electrons. The van der Waals surface area contributed by atoms with Gasteiger partial charge in [0.05, 0.1) is 0 Å². The minimum atomic E-state index is 0.0546. The van der Waals surface area contributed by atoms with Crippen molar-refractivity contribution in [1.82, 2.24) is 9.97 Å². The van der Waals surface area contributed by atoms with Gasteiger partial charge in [0.2, 0.25) is 0 Å². The molecule has 0 atom stereocenters. The van der Waals surface area contributed by atoms with E-state index in [0.717, 1.165) is 10.6 Å². The maximum Gasteiger partial charge on any atom is 0.0273 e. The maximum atomic E-state index is 8.48. The van der Waals surface area contributed by atoms with Crippen LogP contribution in [-0.2, 0) is 10.6 Å². The van der Waals surface area contributed by atoms with Crippen molar-refractivity contribution in [3.63, 3.8) is 0 Å². The summed E-state index contributed by atoms with van der Waals surface area (Å²) >= 11 is 0.109. The first kappa shape index (κ1) is 19.9. The van der Waals surface area contributed by atoms with Crippen LogP contribution >= 0.6 is 0 Å².